The van der Waals surface area contributed by atoms with Crippen LogP contribution in [0, 0.1) is 0 Å². The molecule has 0 spiro atoms. The van der Waals surface area contributed by atoms with Crippen LogP contribution in [0.1, 0.15) is 5.56 Å². The van der Waals surface area contributed by atoms with Crippen LogP contribution in [0.25, 0.3) is 44.3 Å². The first-order valence-electron chi connectivity index (χ1n) is 11.3. The zero-order valence-electron chi connectivity index (χ0n) is 18.4. The van der Waals surface area contributed by atoms with Crippen LogP contribution in [0.4, 0.5) is 5.95 Å². The van der Waals surface area contributed by atoms with Crippen LogP contribution in [-0.2, 0) is 6.42 Å². The van der Waals surface area contributed by atoms with Gasteiger partial charge in [-0.15, -0.1) is 0 Å². The van der Waals surface area contributed by atoms with Crippen molar-refractivity contribution in [3.63, 3.8) is 0 Å². The third kappa shape index (κ3) is 3.86. The van der Waals surface area contributed by atoms with Crippen molar-refractivity contribution in [2.24, 2.45) is 0 Å². The van der Waals surface area contributed by atoms with E-state index in [1.165, 1.54) is 5.56 Å². The number of nitrogens with zero attached hydrogens (tertiary/aromatic N) is 4. The Bertz CT molecular complexity index is 1580. The molecular weight excluding hydrogens is 420 g/mol. The van der Waals surface area contributed by atoms with Gasteiger partial charge in [-0.05, 0) is 35.6 Å². The summed E-state index contributed by atoms with van der Waals surface area (Å²) in [6.45, 7) is 0.764. The van der Waals surface area contributed by atoms with Gasteiger partial charge >= 0.3 is 0 Å². The molecule has 4 heterocycles. The summed E-state index contributed by atoms with van der Waals surface area (Å²) in [5.74, 6) is 0.614. The molecule has 0 aliphatic rings. The molecular formula is C28H22N6. The summed E-state index contributed by atoms with van der Waals surface area (Å²) in [5.41, 5.74) is 5.82. The van der Waals surface area contributed by atoms with Crippen molar-refractivity contribution < 1.29 is 0 Å². The van der Waals surface area contributed by atoms with Crippen molar-refractivity contribution >= 4 is 27.8 Å². The van der Waals surface area contributed by atoms with E-state index in [1.54, 1.807) is 6.20 Å². The van der Waals surface area contributed by atoms with Crippen LogP contribution in [0.3, 0.4) is 0 Å². The van der Waals surface area contributed by atoms with Gasteiger partial charge in [0.1, 0.15) is 5.65 Å². The molecule has 2 aromatic carbocycles. The molecule has 2 N–H and O–H groups in total. The van der Waals surface area contributed by atoms with Crippen LogP contribution >= 0.6 is 0 Å². The summed E-state index contributed by atoms with van der Waals surface area (Å²) in [7, 11) is 0. The van der Waals surface area contributed by atoms with E-state index in [9.17, 15) is 0 Å². The Balaban J connectivity index is 1.32. The largest absolute Gasteiger partial charge is 0.354 e. The van der Waals surface area contributed by atoms with E-state index < -0.39 is 0 Å². The molecule has 0 aliphatic heterocycles. The maximum atomic E-state index is 4.76. The van der Waals surface area contributed by atoms with Gasteiger partial charge in [-0.1, -0.05) is 54.6 Å². The second-order valence-electron chi connectivity index (χ2n) is 8.13. The predicted molar refractivity (Wildman–Crippen MR) is 136 cm³/mol. The average Bonchev–Trinajstić information content (AvgIpc) is 3.33. The monoisotopic (exact) mass is 442 g/mol. The lowest BCUT2D eigenvalue weighted by molar-refractivity contribution is 0.985. The quantitative estimate of drug-likeness (QED) is 0.336. The Hall–Kier alpha value is -4.58. The summed E-state index contributed by atoms with van der Waals surface area (Å²) in [6.07, 6.45) is 8.36. The first-order valence-corrected chi connectivity index (χ1v) is 11.3. The molecule has 0 radical (unpaired) electrons. The fourth-order valence-electron chi connectivity index (χ4n) is 4.25. The van der Waals surface area contributed by atoms with Gasteiger partial charge in [0.05, 0.1) is 11.4 Å². The van der Waals surface area contributed by atoms with E-state index in [0.29, 0.717) is 5.95 Å². The van der Waals surface area contributed by atoms with Crippen molar-refractivity contribution in [1.82, 2.24) is 24.9 Å². The van der Waals surface area contributed by atoms with Crippen molar-refractivity contribution in [3.05, 3.63) is 103 Å². The van der Waals surface area contributed by atoms with Gasteiger partial charge < -0.3 is 10.3 Å². The normalized spacial score (nSPS) is 11.2. The van der Waals surface area contributed by atoms with Crippen molar-refractivity contribution in [3.8, 4) is 22.5 Å². The van der Waals surface area contributed by atoms with E-state index in [2.05, 4.69) is 67.7 Å². The molecule has 0 unspecified atom stereocenters. The fraction of sp³-hybridized carbons (Fsp3) is 0.0714. The topological polar surface area (TPSA) is 79.4 Å². The zero-order valence-corrected chi connectivity index (χ0v) is 18.4. The summed E-state index contributed by atoms with van der Waals surface area (Å²) in [4.78, 5) is 21.8. The molecule has 0 fully saturated rings. The Morgan fingerprint density at radius 3 is 2.59 bits per heavy atom. The van der Waals surface area contributed by atoms with Gasteiger partial charge in [0.2, 0.25) is 5.95 Å². The fourth-order valence-corrected chi connectivity index (χ4v) is 4.25. The molecule has 6 rings (SSSR count). The van der Waals surface area contributed by atoms with E-state index in [4.69, 9.17) is 4.98 Å². The molecule has 0 saturated heterocycles. The molecule has 0 bridgehead atoms. The van der Waals surface area contributed by atoms with Gasteiger partial charge in [-0.3, -0.25) is 4.98 Å². The summed E-state index contributed by atoms with van der Waals surface area (Å²) < 4.78 is 0. The molecule has 0 atom stereocenters. The standard InChI is InChI=1S/C28H22N6/c1-2-6-19(7-3-1)10-13-30-28-31-15-12-25(34-28)24-18-33-27-23(24)16-21(17-32-27)26-22-9-5-4-8-20(22)11-14-29-26/h1-9,11-12,14-18H,10,13H2,(H,32,33)(H,30,31,34). The Kier molecular flexibility index (Phi) is 5.16. The van der Waals surface area contributed by atoms with Gasteiger partial charge in [0.25, 0.3) is 0 Å². The Morgan fingerprint density at radius 2 is 1.65 bits per heavy atom. The highest BCUT2D eigenvalue weighted by Gasteiger charge is 2.13. The lowest BCUT2D eigenvalue weighted by atomic mass is 10.0. The third-order valence-electron chi connectivity index (χ3n) is 5.95. The Labute approximate surface area is 196 Å². The summed E-state index contributed by atoms with van der Waals surface area (Å²) in [5, 5.41) is 6.61. The maximum absolute atomic E-state index is 4.76. The van der Waals surface area contributed by atoms with Crippen molar-refractivity contribution in [2.45, 2.75) is 6.42 Å². The van der Waals surface area contributed by atoms with E-state index in [1.807, 2.05) is 48.9 Å². The zero-order chi connectivity index (χ0) is 22.7. The second kappa shape index (κ2) is 8.75. The van der Waals surface area contributed by atoms with Gasteiger partial charge in [0.15, 0.2) is 0 Å². The minimum absolute atomic E-state index is 0.614. The molecule has 34 heavy (non-hydrogen) atoms. The number of H-pyrrole nitrogens is 1. The van der Waals surface area contributed by atoms with E-state index in [0.717, 1.165) is 57.3 Å². The molecule has 6 nitrogen and oxygen atoms in total. The number of aromatic amines is 1. The van der Waals surface area contributed by atoms with Crippen LogP contribution in [0.15, 0.2) is 97.6 Å². The number of hydrogen-bond donors (Lipinski definition) is 2. The van der Waals surface area contributed by atoms with Crippen LogP contribution in [0.2, 0.25) is 0 Å². The predicted octanol–water partition coefficient (Wildman–Crippen LogP) is 5.89. The maximum Gasteiger partial charge on any atom is 0.223 e. The minimum atomic E-state index is 0.614. The van der Waals surface area contributed by atoms with Gasteiger partial charge in [0, 0.05) is 53.2 Å². The van der Waals surface area contributed by atoms with E-state index >= 15 is 0 Å². The minimum Gasteiger partial charge on any atom is -0.354 e. The lowest BCUT2D eigenvalue weighted by Crippen LogP contribution is -2.08. The van der Waals surface area contributed by atoms with Crippen LogP contribution in [0.5, 0.6) is 0 Å². The van der Waals surface area contributed by atoms with Crippen molar-refractivity contribution in [2.75, 3.05) is 11.9 Å². The van der Waals surface area contributed by atoms with Gasteiger partial charge in [-0.25, -0.2) is 15.0 Å². The van der Waals surface area contributed by atoms with Crippen molar-refractivity contribution in [1.29, 1.82) is 0 Å². The number of rotatable bonds is 6. The molecule has 6 aromatic rings. The van der Waals surface area contributed by atoms with Crippen LogP contribution < -0.4 is 5.32 Å². The molecule has 6 heteroatoms. The Morgan fingerprint density at radius 1 is 0.794 bits per heavy atom. The number of nitrogens with one attached hydrogen (secondary N) is 2. The summed E-state index contributed by atoms with van der Waals surface area (Å²) in [6, 6.07) is 24.7. The molecule has 4 aromatic heterocycles. The van der Waals surface area contributed by atoms with E-state index in [-0.39, 0.29) is 0 Å². The molecule has 0 saturated carbocycles. The lowest BCUT2D eigenvalue weighted by Gasteiger charge is -2.08. The smallest absolute Gasteiger partial charge is 0.223 e. The molecule has 0 amide bonds. The average molecular weight is 443 g/mol. The number of fused-ring (bicyclic) bond motifs is 2. The number of benzene rings is 2. The number of anilines is 1. The number of pyridine rings is 2. The second-order valence-corrected chi connectivity index (χ2v) is 8.13. The highest BCUT2D eigenvalue weighted by molar-refractivity contribution is 5.99. The number of aromatic nitrogens is 5. The first kappa shape index (κ1) is 20.1. The van der Waals surface area contributed by atoms with Gasteiger partial charge in [-0.2, -0.15) is 0 Å². The number of hydrogen-bond acceptors (Lipinski definition) is 5. The summed E-state index contributed by atoms with van der Waals surface area (Å²) >= 11 is 0. The van der Waals surface area contributed by atoms with Crippen LogP contribution in [-0.4, -0.2) is 31.5 Å². The molecule has 0 aliphatic carbocycles. The first-order chi connectivity index (χ1) is 16.8. The SMILES string of the molecule is c1ccc(CCNc2nccc(-c3c[nH]c4ncc(-c5nccc6ccccc56)cc34)n2)cc1. The highest BCUT2D eigenvalue weighted by Crippen LogP contribution is 2.32. The molecule has 164 valence electrons. The third-order valence-corrected chi connectivity index (χ3v) is 5.95. The highest BCUT2D eigenvalue weighted by atomic mass is 15.1.